The van der Waals surface area contributed by atoms with Crippen LogP contribution < -0.4 is 15.6 Å². The standard InChI is InChI=1S/C20H24N2O3S2/c1-13(26-16-10-8-15(25-2)9-11-16)19(23)21-22-20(24)18-12-14-6-4-3-5-7-17(14)27-18/h8-13H,3-7H2,1-2H3,(H,21,23)(H,22,24). The fraction of sp³-hybridized carbons (Fsp3) is 0.400. The predicted molar refractivity (Wildman–Crippen MR) is 109 cm³/mol. The third-order valence-corrected chi connectivity index (χ3v) is 6.86. The van der Waals surface area contributed by atoms with Crippen LogP contribution in [0.2, 0.25) is 0 Å². The van der Waals surface area contributed by atoms with Gasteiger partial charge >= 0.3 is 0 Å². The molecule has 1 aliphatic rings. The minimum absolute atomic E-state index is 0.234. The third-order valence-electron chi connectivity index (χ3n) is 4.51. The number of rotatable bonds is 5. The predicted octanol–water partition coefficient (Wildman–Crippen LogP) is 3.97. The zero-order chi connectivity index (χ0) is 19.2. The van der Waals surface area contributed by atoms with Crippen molar-refractivity contribution in [3.63, 3.8) is 0 Å². The first-order valence-corrected chi connectivity index (χ1v) is 10.8. The average molecular weight is 405 g/mol. The van der Waals surface area contributed by atoms with Crippen molar-refractivity contribution < 1.29 is 14.3 Å². The van der Waals surface area contributed by atoms with Gasteiger partial charge < -0.3 is 4.74 Å². The first kappa shape index (κ1) is 19.8. The molecule has 0 radical (unpaired) electrons. The molecular weight excluding hydrogens is 380 g/mol. The first-order valence-electron chi connectivity index (χ1n) is 9.09. The van der Waals surface area contributed by atoms with E-state index in [1.165, 1.54) is 41.5 Å². The number of hydrogen-bond acceptors (Lipinski definition) is 5. The van der Waals surface area contributed by atoms with E-state index >= 15 is 0 Å². The molecule has 0 saturated heterocycles. The van der Waals surface area contributed by atoms with Crippen molar-refractivity contribution in [2.45, 2.75) is 49.2 Å². The van der Waals surface area contributed by atoms with E-state index in [0.717, 1.165) is 23.5 Å². The third kappa shape index (κ3) is 5.26. The maximum Gasteiger partial charge on any atom is 0.279 e. The van der Waals surface area contributed by atoms with Crippen LogP contribution in [-0.2, 0) is 17.6 Å². The zero-order valence-electron chi connectivity index (χ0n) is 15.5. The van der Waals surface area contributed by atoms with Crippen LogP contribution in [0.3, 0.4) is 0 Å². The molecule has 5 nitrogen and oxygen atoms in total. The minimum Gasteiger partial charge on any atom is -0.497 e. The molecule has 0 fully saturated rings. The van der Waals surface area contributed by atoms with Crippen LogP contribution in [-0.4, -0.2) is 24.2 Å². The highest BCUT2D eigenvalue weighted by Gasteiger charge is 2.19. The van der Waals surface area contributed by atoms with Crippen molar-refractivity contribution >= 4 is 34.9 Å². The van der Waals surface area contributed by atoms with E-state index in [0.29, 0.717) is 4.88 Å². The number of fused-ring (bicyclic) bond motifs is 1. The van der Waals surface area contributed by atoms with Gasteiger partial charge in [-0.05, 0) is 68.5 Å². The lowest BCUT2D eigenvalue weighted by Gasteiger charge is -2.12. The Morgan fingerprint density at radius 2 is 1.85 bits per heavy atom. The summed E-state index contributed by atoms with van der Waals surface area (Å²) in [6.07, 6.45) is 5.71. The molecule has 1 heterocycles. The summed E-state index contributed by atoms with van der Waals surface area (Å²) in [5.41, 5.74) is 6.38. The van der Waals surface area contributed by atoms with Crippen molar-refractivity contribution in [2.24, 2.45) is 0 Å². The molecule has 27 heavy (non-hydrogen) atoms. The molecule has 0 saturated carbocycles. The Morgan fingerprint density at radius 3 is 2.59 bits per heavy atom. The van der Waals surface area contributed by atoms with Crippen LogP contribution in [0.25, 0.3) is 0 Å². The van der Waals surface area contributed by atoms with Crippen LogP contribution in [0.4, 0.5) is 0 Å². The second kappa shape index (κ2) is 9.28. The van der Waals surface area contributed by atoms with Crippen LogP contribution in [0.15, 0.2) is 35.2 Å². The molecule has 7 heteroatoms. The highest BCUT2D eigenvalue weighted by molar-refractivity contribution is 8.00. The number of ether oxygens (including phenoxy) is 1. The molecular formula is C20H24N2O3S2. The number of carbonyl (C=O) groups excluding carboxylic acids is 2. The molecule has 2 amide bonds. The quantitative estimate of drug-likeness (QED) is 0.450. The van der Waals surface area contributed by atoms with Gasteiger partial charge in [0.15, 0.2) is 0 Å². The summed E-state index contributed by atoms with van der Waals surface area (Å²) < 4.78 is 5.13. The minimum atomic E-state index is -0.334. The van der Waals surface area contributed by atoms with Crippen molar-refractivity contribution in [3.05, 3.63) is 45.6 Å². The Hall–Kier alpha value is -1.99. The van der Waals surface area contributed by atoms with Crippen LogP contribution in [0.5, 0.6) is 5.75 Å². The van der Waals surface area contributed by atoms with Gasteiger partial charge in [0.1, 0.15) is 5.75 Å². The van der Waals surface area contributed by atoms with E-state index in [1.807, 2.05) is 37.3 Å². The van der Waals surface area contributed by atoms with E-state index in [1.54, 1.807) is 18.4 Å². The summed E-state index contributed by atoms with van der Waals surface area (Å²) in [6, 6.07) is 9.50. The number of methoxy groups -OCH3 is 1. The number of thiophene rings is 1. The van der Waals surface area contributed by atoms with Gasteiger partial charge in [-0.1, -0.05) is 6.42 Å². The fourth-order valence-electron chi connectivity index (χ4n) is 2.97. The van der Waals surface area contributed by atoms with Crippen molar-refractivity contribution in [1.29, 1.82) is 0 Å². The largest absolute Gasteiger partial charge is 0.497 e. The number of amides is 2. The van der Waals surface area contributed by atoms with Crippen LogP contribution in [0.1, 0.15) is 46.3 Å². The van der Waals surface area contributed by atoms with Gasteiger partial charge in [0.25, 0.3) is 11.8 Å². The lowest BCUT2D eigenvalue weighted by molar-refractivity contribution is -0.121. The average Bonchev–Trinajstić information content (AvgIpc) is 2.97. The Morgan fingerprint density at radius 1 is 1.11 bits per heavy atom. The van der Waals surface area contributed by atoms with E-state index in [4.69, 9.17) is 4.74 Å². The zero-order valence-corrected chi connectivity index (χ0v) is 17.2. The van der Waals surface area contributed by atoms with Crippen molar-refractivity contribution in [2.75, 3.05) is 7.11 Å². The first-order chi connectivity index (χ1) is 13.1. The van der Waals surface area contributed by atoms with Crippen LogP contribution >= 0.6 is 23.1 Å². The summed E-state index contributed by atoms with van der Waals surface area (Å²) in [5.74, 6) is 0.295. The van der Waals surface area contributed by atoms with Gasteiger partial charge in [-0.3, -0.25) is 20.4 Å². The molecule has 3 rings (SSSR count). The molecule has 0 aliphatic heterocycles. The molecule has 144 valence electrons. The molecule has 1 aliphatic carbocycles. The summed E-state index contributed by atoms with van der Waals surface area (Å²) in [4.78, 5) is 27.6. The number of nitrogens with one attached hydrogen (secondary N) is 2. The molecule has 2 N–H and O–H groups in total. The molecule has 0 spiro atoms. The number of benzene rings is 1. The second-order valence-corrected chi connectivity index (χ2v) is 9.05. The van der Waals surface area contributed by atoms with E-state index in [-0.39, 0.29) is 17.1 Å². The Bertz CT molecular complexity index is 779. The lowest BCUT2D eigenvalue weighted by atomic mass is 10.1. The number of aryl methyl sites for hydroxylation is 2. The monoisotopic (exact) mass is 404 g/mol. The second-order valence-electron chi connectivity index (χ2n) is 6.50. The Balaban J connectivity index is 1.51. The molecule has 0 bridgehead atoms. The van der Waals surface area contributed by atoms with Gasteiger partial charge in [-0.25, -0.2) is 0 Å². The van der Waals surface area contributed by atoms with Gasteiger partial charge in [0.05, 0.1) is 17.2 Å². The van der Waals surface area contributed by atoms with Gasteiger partial charge in [-0.2, -0.15) is 0 Å². The summed E-state index contributed by atoms with van der Waals surface area (Å²) >= 11 is 2.97. The SMILES string of the molecule is COc1ccc(SC(C)C(=O)NNC(=O)c2cc3c(s2)CCCCC3)cc1. The maximum absolute atomic E-state index is 12.4. The molecule has 1 atom stereocenters. The van der Waals surface area contributed by atoms with E-state index in [9.17, 15) is 9.59 Å². The molecule has 1 aromatic heterocycles. The highest BCUT2D eigenvalue weighted by atomic mass is 32.2. The summed E-state index contributed by atoms with van der Waals surface area (Å²) in [7, 11) is 1.62. The Labute approximate surface area is 167 Å². The summed E-state index contributed by atoms with van der Waals surface area (Å²) in [6.45, 7) is 1.81. The van der Waals surface area contributed by atoms with E-state index in [2.05, 4.69) is 10.9 Å². The molecule has 1 unspecified atom stereocenters. The van der Waals surface area contributed by atoms with Crippen LogP contribution in [0, 0.1) is 0 Å². The van der Waals surface area contributed by atoms with Crippen molar-refractivity contribution in [1.82, 2.24) is 10.9 Å². The molecule has 2 aromatic rings. The fourth-order valence-corrected chi connectivity index (χ4v) is 4.99. The van der Waals surface area contributed by atoms with E-state index < -0.39 is 0 Å². The lowest BCUT2D eigenvalue weighted by Crippen LogP contribution is -2.44. The summed E-state index contributed by atoms with van der Waals surface area (Å²) in [5, 5.41) is -0.334. The normalized spacial score (nSPS) is 14.6. The molecule has 1 aromatic carbocycles. The Kier molecular flexibility index (Phi) is 6.79. The topological polar surface area (TPSA) is 67.4 Å². The number of hydrazine groups is 1. The number of carbonyl (C=O) groups is 2. The van der Waals surface area contributed by atoms with Crippen molar-refractivity contribution in [3.8, 4) is 5.75 Å². The maximum atomic E-state index is 12.4. The van der Waals surface area contributed by atoms with Gasteiger partial charge in [0, 0.05) is 9.77 Å². The highest BCUT2D eigenvalue weighted by Crippen LogP contribution is 2.29. The number of thioether (sulfide) groups is 1. The smallest absolute Gasteiger partial charge is 0.279 e. The van der Waals surface area contributed by atoms with Gasteiger partial charge in [0.2, 0.25) is 0 Å². The number of hydrogen-bond donors (Lipinski definition) is 2. The van der Waals surface area contributed by atoms with Gasteiger partial charge in [-0.15, -0.1) is 23.1 Å².